The molecule has 2 amide bonds. The Morgan fingerprint density at radius 3 is 2.62 bits per heavy atom. The number of alkyl carbamates (subject to hydrolysis) is 1. The van der Waals surface area contributed by atoms with E-state index in [1.54, 1.807) is 50.7 Å². The summed E-state index contributed by atoms with van der Waals surface area (Å²) in [6.45, 7) is 6.88. The number of carbonyl (C=O) groups excluding carboxylic acids is 2. The average molecular weight is 330 g/mol. The maximum Gasteiger partial charge on any atom is 0.408 e. The van der Waals surface area contributed by atoms with E-state index in [-0.39, 0.29) is 5.91 Å². The highest BCUT2D eigenvalue weighted by atomic mass is 16.6. The first-order chi connectivity index (χ1) is 11.2. The Morgan fingerprint density at radius 2 is 2.00 bits per heavy atom. The number of nitrogens with one attached hydrogen (secondary N) is 2. The molecule has 0 bridgehead atoms. The summed E-state index contributed by atoms with van der Waals surface area (Å²) in [5.74, 6) is -0.335. The lowest BCUT2D eigenvalue weighted by atomic mass is 10.2. The van der Waals surface area contributed by atoms with Crippen LogP contribution in [0.3, 0.4) is 0 Å². The van der Waals surface area contributed by atoms with Gasteiger partial charge >= 0.3 is 6.09 Å². The number of amides is 2. The first-order valence-corrected chi connectivity index (χ1v) is 7.65. The summed E-state index contributed by atoms with van der Waals surface area (Å²) in [6.07, 6.45) is 2.86. The summed E-state index contributed by atoms with van der Waals surface area (Å²) >= 11 is 0. The molecule has 7 nitrogen and oxygen atoms in total. The lowest BCUT2D eigenvalue weighted by Crippen LogP contribution is -2.43. The summed E-state index contributed by atoms with van der Waals surface area (Å²) in [6, 6.07) is 8.35. The summed E-state index contributed by atoms with van der Waals surface area (Å²) in [5, 5.41) is 9.42. The zero-order valence-corrected chi connectivity index (χ0v) is 14.2. The third kappa shape index (κ3) is 5.12. The SMILES string of the molecule is C[C@H](NC(=O)OC(C)(C)C)C(=O)Nc1cccc(-n2cccn2)c1. The Balaban J connectivity index is 1.97. The van der Waals surface area contributed by atoms with Crippen molar-refractivity contribution in [2.24, 2.45) is 0 Å². The molecular weight excluding hydrogens is 308 g/mol. The Bertz CT molecular complexity index is 705. The number of hydrogen-bond donors (Lipinski definition) is 2. The molecule has 1 aromatic heterocycles. The first kappa shape index (κ1) is 17.5. The standard InChI is InChI=1S/C17H22N4O3/c1-12(19-16(23)24-17(2,3)4)15(22)20-13-7-5-8-14(11-13)21-10-6-9-18-21/h5-12H,1-4H3,(H,19,23)(H,20,22)/t12-/m0/s1. The average Bonchev–Trinajstić information content (AvgIpc) is 2.99. The van der Waals surface area contributed by atoms with Crippen LogP contribution in [0.15, 0.2) is 42.7 Å². The number of benzene rings is 1. The third-order valence-electron chi connectivity index (χ3n) is 3.01. The van der Waals surface area contributed by atoms with Crippen LogP contribution >= 0.6 is 0 Å². The van der Waals surface area contributed by atoms with Crippen molar-refractivity contribution < 1.29 is 14.3 Å². The van der Waals surface area contributed by atoms with Crippen molar-refractivity contribution in [3.63, 3.8) is 0 Å². The molecule has 1 aromatic carbocycles. The summed E-state index contributed by atoms with van der Waals surface area (Å²) < 4.78 is 6.83. The minimum atomic E-state index is -0.729. The zero-order chi connectivity index (χ0) is 17.7. The molecular formula is C17H22N4O3. The second-order valence-corrected chi connectivity index (χ2v) is 6.36. The van der Waals surface area contributed by atoms with Crippen LogP contribution in [0.2, 0.25) is 0 Å². The van der Waals surface area contributed by atoms with Crippen LogP contribution in [0.4, 0.5) is 10.5 Å². The van der Waals surface area contributed by atoms with E-state index in [0.29, 0.717) is 5.69 Å². The molecule has 2 aromatic rings. The minimum absolute atomic E-state index is 0.335. The number of carbonyl (C=O) groups is 2. The van der Waals surface area contributed by atoms with Gasteiger partial charge in [-0.05, 0) is 52.0 Å². The molecule has 2 N–H and O–H groups in total. The van der Waals surface area contributed by atoms with Crippen molar-refractivity contribution in [3.8, 4) is 5.69 Å². The predicted octanol–water partition coefficient (Wildman–Crippen LogP) is 2.72. The molecule has 0 saturated heterocycles. The number of ether oxygens (including phenoxy) is 1. The van der Waals surface area contributed by atoms with E-state index in [4.69, 9.17) is 4.74 Å². The molecule has 0 spiro atoms. The molecule has 0 fully saturated rings. The molecule has 128 valence electrons. The summed E-state index contributed by atoms with van der Waals surface area (Å²) in [7, 11) is 0. The van der Waals surface area contributed by atoms with E-state index in [2.05, 4.69) is 15.7 Å². The van der Waals surface area contributed by atoms with Gasteiger partial charge in [0.1, 0.15) is 11.6 Å². The molecule has 1 atom stereocenters. The van der Waals surface area contributed by atoms with Gasteiger partial charge in [0, 0.05) is 18.1 Å². The van der Waals surface area contributed by atoms with E-state index in [9.17, 15) is 9.59 Å². The van der Waals surface area contributed by atoms with E-state index in [0.717, 1.165) is 5.69 Å². The van der Waals surface area contributed by atoms with Crippen molar-refractivity contribution in [2.75, 3.05) is 5.32 Å². The van der Waals surface area contributed by atoms with Gasteiger partial charge in [0.15, 0.2) is 0 Å². The quantitative estimate of drug-likeness (QED) is 0.902. The van der Waals surface area contributed by atoms with Gasteiger partial charge in [0.2, 0.25) is 5.91 Å². The molecule has 1 heterocycles. The normalized spacial score (nSPS) is 12.3. The van der Waals surface area contributed by atoms with Gasteiger partial charge in [-0.3, -0.25) is 4.79 Å². The Kier molecular flexibility index (Phi) is 5.23. The minimum Gasteiger partial charge on any atom is -0.444 e. The number of anilines is 1. The van der Waals surface area contributed by atoms with Gasteiger partial charge in [0.05, 0.1) is 5.69 Å². The second-order valence-electron chi connectivity index (χ2n) is 6.36. The third-order valence-corrected chi connectivity index (χ3v) is 3.01. The van der Waals surface area contributed by atoms with Crippen LogP contribution in [0, 0.1) is 0 Å². The lowest BCUT2D eigenvalue weighted by Gasteiger charge is -2.21. The maximum absolute atomic E-state index is 12.2. The Morgan fingerprint density at radius 1 is 1.25 bits per heavy atom. The molecule has 24 heavy (non-hydrogen) atoms. The highest BCUT2D eigenvalue weighted by Gasteiger charge is 2.21. The lowest BCUT2D eigenvalue weighted by molar-refractivity contribution is -0.117. The van der Waals surface area contributed by atoms with Crippen molar-refractivity contribution in [2.45, 2.75) is 39.3 Å². The maximum atomic E-state index is 12.2. The number of rotatable bonds is 4. The van der Waals surface area contributed by atoms with Crippen LogP contribution in [0.5, 0.6) is 0 Å². The van der Waals surface area contributed by atoms with Crippen LogP contribution in [-0.2, 0) is 9.53 Å². The van der Waals surface area contributed by atoms with E-state index < -0.39 is 17.7 Å². The number of aromatic nitrogens is 2. The van der Waals surface area contributed by atoms with Crippen LogP contribution in [0.1, 0.15) is 27.7 Å². The molecule has 0 aliphatic carbocycles. The highest BCUT2D eigenvalue weighted by molar-refractivity contribution is 5.96. The number of nitrogens with zero attached hydrogens (tertiary/aromatic N) is 2. The first-order valence-electron chi connectivity index (χ1n) is 7.65. The fraction of sp³-hybridized carbons (Fsp3) is 0.353. The molecule has 2 rings (SSSR count). The molecule has 0 aliphatic rings. The van der Waals surface area contributed by atoms with E-state index >= 15 is 0 Å². The van der Waals surface area contributed by atoms with Crippen LogP contribution in [-0.4, -0.2) is 33.4 Å². The highest BCUT2D eigenvalue weighted by Crippen LogP contribution is 2.14. The largest absolute Gasteiger partial charge is 0.444 e. The molecule has 0 radical (unpaired) electrons. The predicted molar refractivity (Wildman–Crippen MR) is 91.0 cm³/mol. The van der Waals surface area contributed by atoms with Gasteiger partial charge in [-0.1, -0.05) is 6.07 Å². The Labute approximate surface area is 141 Å². The van der Waals surface area contributed by atoms with Crippen molar-refractivity contribution >= 4 is 17.7 Å². The van der Waals surface area contributed by atoms with E-state index in [1.165, 1.54) is 0 Å². The topological polar surface area (TPSA) is 85.2 Å². The van der Waals surface area contributed by atoms with Crippen LogP contribution in [0.25, 0.3) is 5.69 Å². The van der Waals surface area contributed by atoms with Crippen molar-refractivity contribution in [1.82, 2.24) is 15.1 Å². The monoisotopic (exact) mass is 330 g/mol. The Hall–Kier alpha value is -2.83. The molecule has 0 aliphatic heterocycles. The fourth-order valence-electron chi connectivity index (χ4n) is 1.95. The number of hydrogen-bond acceptors (Lipinski definition) is 4. The van der Waals surface area contributed by atoms with Gasteiger partial charge in [-0.2, -0.15) is 5.10 Å². The summed E-state index contributed by atoms with van der Waals surface area (Å²) in [5.41, 5.74) is 0.828. The fourth-order valence-corrected chi connectivity index (χ4v) is 1.95. The smallest absolute Gasteiger partial charge is 0.408 e. The summed E-state index contributed by atoms with van der Waals surface area (Å²) in [4.78, 5) is 23.9. The second kappa shape index (κ2) is 7.16. The van der Waals surface area contributed by atoms with Gasteiger partial charge < -0.3 is 15.4 Å². The molecule has 0 saturated carbocycles. The van der Waals surface area contributed by atoms with E-state index in [1.807, 2.05) is 24.4 Å². The van der Waals surface area contributed by atoms with Crippen molar-refractivity contribution in [3.05, 3.63) is 42.7 Å². The van der Waals surface area contributed by atoms with Crippen molar-refractivity contribution in [1.29, 1.82) is 0 Å². The zero-order valence-electron chi connectivity index (χ0n) is 14.2. The van der Waals surface area contributed by atoms with Crippen LogP contribution < -0.4 is 10.6 Å². The van der Waals surface area contributed by atoms with Gasteiger partial charge in [-0.15, -0.1) is 0 Å². The van der Waals surface area contributed by atoms with Gasteiger partial charge in [0.25, 0.3) is 0 Å². The molecule has 0 unspecified atom stereocenters. The van der Waals surface area contributed by atoms with Gasteiger partial charge in [-0.25, -0.2) is 9.48 Å². The molecule has 7 heteroatoms.